The first kappa shape index (κ1) is 30.2. The van der Waals surface area contributed by atoms with E-state index in [1.54, 1.807) is 4.90 Å². The highest BCUT2D eigenvalue weighted by Crippen LogP contribution is 2.29. The molecule has 222 valence electrons. The summed E-state index contributed by atoms with van der Waals surface area (Å²) >= 11 is 6.80. The SMILES string of the molecule is Cc1ccccc1N1C(=O)CSC1=NC(=S)NCCCCc1cccc(-c2ncn(-c3ccc(OC(F)(F)F)cc3)n2)c1. The lowest BCUT2D eigenvalue weighted by Gasteiger charge is -2.18. The van der Waals surface area contributed by atoms with Crippen LogP contribution in [-0.2, 0) is 11.2 Å². The highest BCUT2D eigenvalue weighted by atomic mass is 32.2. The Balaban J connectivity index is 1.11. The minimum absolute atomic E-state index is 0.0151. The Bertz CT molecular complexity index is 1640. The Kier molecular flexibility index (Phi) is 9.41. The van der Waals surface area contributed by atoms with E-state index in [1.165, 1.54) is 47.0 Å². The Morgan fingerprint density at radius 3 is 2.65 bits per heavy atom. The average Bonchev–Trinajstić information content (AvgIpc) is 3.60. The molecule has 0 bridgehead atoms. The molecule has 5 rings (SSSR count). The van der Waals surface area contributed by atoms with E-state index in [0.717, 1.165) is 41.6 Å². The molecule has 1 saturated heterocycles. The number of hydrogen-bond acceptors (Lipinski definition) is 6. The predicted molar refractivity (Wildman–Crippen MR) is 166 cm³/mol. The second-order valence-corrected chi connectivity index (χ2v) is 11.0. The fraction of sp³-hybridized carbons (Fsp3) is 0.233. The van der Waals surface area contributed by atoms with Gasteiger partial charge < -0.3 is 10.1 Å². The Morgan fingerprint density at radius 1 is 1.09 bits per heavy atom. The van der Waals surface area contributed by atoms with Crippen molar-refractivity contribution in [2.75, 3.05) is 17.2 Å². The van der Waals surface area contributed by atoms with Gasteiger partial charge in [-0.05, 0) is 85.9 Å². The molecule has 0 radical (unpaired) electrons. The second-order valence-electron chi connectivity index (χ2n) is 9.64. The zero-order valence-electron chi connectivity index (χ0n) is 23.0. The van der Waals surface area contributed by atoms with Crippen molar-refractivity contribution in [1.82, 2.24) is 20.1 Å². The molecular weight excluding hydrogens is 597 g/mol. The minimum atomic E-state index is -4.74. The van der Waals surface area contributed by atoms with Crippen LogP contribution in [0.25, 0.3) is 17.1 Å². The van der Waals surface area contributed by atoms with E-state index in [4.69, 9.17) is 12.2 Å². The molecule has 1 aromatic heterocycles. The van der Waals surface area contributed by atoms with Crippen molar-refractivity contribution in [1.29, 1.82) is 0 Å². The molecule has 1 amide bonds. The van der Waals surface area contributed by atoms with Crippen LogP contribution in [0.5, 0.6) is 5.75 Å². The number of halogens is 3. The number of aryl methyl sites for hydroxylation is 2. The number of carbonyl (C=O) groups excluding carboxylic acids is 1. The number of para-hydroxylation sites is 1. The van der Waals surface area contributed by atoms with Gasteiger partial charge in [0, 0.05) is 12.1 Å². The number of carbonyl (C=O) groups is 1. The van der Waals surface area contributed by atoms with Crippen LogP contribution in [0, 0.1) is 6.92 Å². The molecule has 13 heteroatoms. The lowest BCUT2D eigenvalue weighted by molar-refractivity contribution is -0.274. The van der Waals surface area contributed by atoms with Gasteiger partial charge in [0.2, 0.25) is 5.91 Å². The summed E-state index contributed by atoms with van der Waals surface area (Å²) in [4.78, 5) is 23.0. The van der Waals surface area contributed by atoms with E-state index in [2.05, 4.69) is 25.1 Å². The van der Waals surface area contributed by atoms with Crippen molar-refractivity contribution in [3.63, 3.8) is 0 Å². The van der Waals surface area contributed by atoms with Crippen LogP contribution in [0.3, 0.4) is 0 Å². The number of aliphatic imine (C=N–C) groups is 1. The van der Waals surface area contributed by atoms with Gasteiger partial charge in [-0.3, -0.25) is 9.69 Å². The normalized spacial score (nSPS) is 14.4. The summed E-state index contributed by atoms with van der Waals surface area (Å²) in [7, 11) is 0. The van der Waals surface area contributed by atoms with Gasteiger partial charge in [0.25, 0.3) is 0 Å². The third-order valence-corrected chi connectivity index (χ3v) is 7.66. The third kappa shape index (κ3) is 7.99. The van der Waals surface area contributed by atoms with Crippen LogP contribution in [0.1, 0.15) is 24.0 Å². The molecule has 0 atom stereocenters. The third-order valence-electron chi connectivity index (χ3n) is 6.50. The van der Waals surface area contributed by atoms with Gasteiger partial charge in [0.05, 0.1) is 17.1 Å². The summed E-state index contributed by atoms with van der Waals surface area (Å²) in [6.07, 6.45) is -0.619. The van der Waals surface area contributed by atoms with E-state index >= 15 is 0 Å². The number of alkyl halides is 3. The van der Waals surface area contributed by atoms with Gasteiger partial charge in [-0.15, -0.1) is 18.3 Å². The monoisotopic (exact) mass is 624 g/mol. The molecule has 43 heavy (non-hydrogen) atoms. The molecule has 0 aliphatic carbocycles. The number of hydrogen-bond donors (Lipinski definition) is 1. The Labute approximate surface area is 256 Å². The number of amidine groups is 1. The first-order chi connectivity index (χ1) is 20.7. The summed E-state index contributed by atoms with van der Waals surface area (Å²) in [6, 6.07) is 21.0. The zero-order chi connectivity index (χ0) is 30.4. The molecule has 3 aromatic carbocycles. The molecule has 2 heterocycles. The van der Waals surface area contributed by atoms with Crippen molar-refractivity contribution < 1.29 is 22.7 Å². The molecule has 0 spiro atoms. The summed E-state index contributed by atoms with van der Waals surface area (Å²) in [6.45, 7) is 2.61. The van der Waals surface area contributed by atoms with Gasteiger partial charge in [0.1, 0.15) is 12.1 Å². The lowest BCUT2D eigenvalue weighted by Crippen LogP contribution is -2.32. The molecule has 1 aliphatic heterocycles. The quantitative estimate of drug-likeness (QED) is 0.169. The molecule has 1 aliphatic rings. The molecule has 0 saturated carbocycles. The first-order valence-corrected chi connectivity index (χ1v) is 14.8. The maximum Gasteiger partial charge on any atom is 0.573 e. The van der Waals surface area contributed by atoms with Gasteiger partial charge in [0.15, 0.2) is 16.1 Å². The summed E-state index contributed by atoms with van der Waals surface area (Å²) in [5.74, 6) is 0.521. The van der Waals surface area contributed by atoms with Gasteiger partial charge in [-0.25, -0.2) is 9.67 Å². The number of nitrogens with one attached hydrogen (secondary N) is 1. The topological polar surface area (TPSA) is 84.6 Å². The van der Waals surface area contributed by atoms with Gasteiger partial charge in [-0.2, -0.15) is 4.99 Å². The van der Waals surface area contributed by atoms with E-state index in [1.807, 2.05) is 55.5 Å². The highest BCUT2D eigenvalue weighted by Gasteiger charge is 2.31. The molecule has 8 nitrogen and oxygen atoms in total. The number of aromatic nitrogens is 3. The van der Waals surface area contributed by atoms with Gasteiger partial charge in [-0.1, -0.05) is 48.2 Å². The second kappa shape index (κ2) is 13.4. The van der Waals surface area contributed by atoms with Crippen molar-refractivity contribution in [2.45, 2.75) is 32.5 Å². The first-order valence-electron chi connectivity index (χ1n) is 13.4. The fourth-order valence-electron chi connectivity index (χ4n) is 4.46. The molecule has 0 unspecified atom stereocenters. The fourth-order valence-corrected chi connectivity index (χ4v) is 5.57. The predicted octanol–water partition coefficient (Wildman–Crippen LogP) is 6.47. The van der Waals surface area contributed by atoms with Crippen LogP contribution in [0.15, 0.2) is 84.1 Å². The number of ether oxygens (including phenoxy) is 1. The number of thiocarbonyl (C=S) groups is 1. The summed E-state index contributed by atoms with van der Waals surface area (Å²) in [5, 5.41) is 8.58. The molecular formula is C30H27F3N6O2S2. The van der Waals surface area contributed by atoms with Crippen molar-refractivity contribution in [3.05, 3.63) is 90.3 Å². The van der Waals surface area contributed by atoms with E-state index < -0.39 is 6.36 Å². The van der Waals surface area contributed by atoms with Crippen LogP contribution < -0.4 is 15.0 Å². The summed E-state index contributed by atoms with van der Waals surface area (Å²) < 4.78 is 42.7. The number of rotatable bonds is 9. The van der Waals surface area contributed by atoms with E-state index in [9.17, 15) is 18.0 Å². The van der Waals surface area contributed by atoms with Gasteiger partial charge >= 0.3 is 6.36 Å². The zero-order valence-corrected chi connectivity index (χ0v) is 24.7. The Hall–Kier alpha value is -4.23. The Morgan fingerprint density at radius 2 is 1.88 bits per heavy atom. The average molecular weight is 625 g/mol. The summed E-state index contributed by atoms with van der Waals surface area (Å²) in [5.41, 5.74) is 4.33. The van der Waals surface area contributed by atoms with Crippen LogP contribution in [0.2, 0.25) is 0 Å². The molecule has 1 N–H and O–H groups in total. The minimum Gasteiger partial charge on any atom is -0.406 e. The maximum atomic E-state index is 12.5. The molecule has 1 fully saturated rings. The van der Waals surface area contributed by atoms with Crippen molar-refractivity contribution >= 4 is 45.9 Å². The van der Waals surface area contributed by atoms with E-state index in [-0.39, 0.29) is 11.7 Å². The number of nitrogens with zero attached hydrogens (tertiary/aromatic N) is 5. The number of thioether (sulfide) groups is 1. The number of benzene rings is 3. The van der Waals surface area contributed by atoms with E-state index in [0.29, 0.717) is 34.1 Å². The smallest absolute Gasteiger partial charge is 0.406 e. The largest absolute Gasteiger partial charge is 0.573 e. The highest BCUT2D eigenvalue weighted by molar-refractivity contribution is 8.15. The lowest BCUT2D eigenvalue weighted by atomic mass is 10.0. The van der Waals surface area contributed by atoms with Crippen LogP contribution >= 0.6 is 24.0 Å². The number of amides is 1. The number of unbranched alkanes of at least 4 members (excludes halogenated alkanes) is 1. The van der Waals surface area contributed by atoms with Crippen molar-refractivity contribution in [3.8, 4) is 22.8 Å². The van der Waals surface area contributed by atoms with Crippen LogP contribution in [0.4, 0.5) is 18.9 Å². The van der Waals surface area contributed by atoms with Crippen LogP contribution in [-0.4, -0.2) is 49.6 Å². The maximum absolute atomic E-state index is 12.5. The standard InChI is InChI=1S/C30H27F3N6O2S2/c1-20-7-2-3-11-25(20)39-26(40)18-43-29(39)36-28(42)34-16-5-4-8-21-9-6-10-22(17-21)27-35-19-38(37-27)23-12-14-24(15-13-23)41-30(31,32)33/h2-3,6-7,9-15,17,19H,4-5,8,16,18H2,1H3,(H,34,42). The molecule has 4 aromatic rings. The van der Waals surface area contributed by atoms with Crippen molar-refractivity contribution in [2.24, 2.45) is 4.99 Å². The number of anilines is 1.